The van der Waals surface area contributed by atoms with Crippen molar-refractivity contribution >= 4 is 5.82 Å². The average Bonchev–Trinajstić information content (AvgIpc) is 2.48. The number of nitrogens with zero attached hydrogens (tertiary/aromatic N) is 2. The highest BCUT2D eigenvalue weighted by molar-refractivity contribution is 5.37. The second kappa shape index (κ2) is 7.43. The quantitative estimate of drug-likeness (QED) is 0.843. The van der Waals surface area contributed by atoms with Crippen LogP contribution in [0.1, 0.15) is 18.9 Å². The Hall–Kier alpha value is -2.17. The fourth-order valence-corrected chi connectivity index (χ4v) is 1.71. The summed E-state index contributed by atoms with van der Waals surface area (Å²) in [6, 6.07) is 8.29. The molecule has 20 heavy (non-hydrogen) atoms. The van der Waals surface area contributed by atoms with E-state index in [0.717, 1.165) is 30.8 Å². The van der Waals surface area contributed by atoms with Gasteiger partial charge >= 0.3 is 0 Å². The number of ether oxygens (including phenoxy) is 1. The van der Waals surface area contributed by atoms with E-state index in [1.165, 1.54) is 18.5 Å². The number of hydrogen-bond donors (Lipinski definition) is 1. The maximum absolute atomic E-state index is 12.8. The van der Waals surface area contributed by atoms with Gasteiger partial charge in [-0.15, -0.1) is 0 Å². The van der Waals surface area contributed by atoms with Gasteiger partial charge in [-0.3, -0.25) is 0 Å². The third-order valence-electron chi connectivity index (χ3n) is 2.73. The van der Waals surface area contributed by atoms with E-state index in [1.54, 1.807) is 18.2 Å². The second-order valence-electron chi connectivity index (χ2n) is 4.39. The lowest BCUT2D eigenvalue weighted by atomic mass is 10.1. The molecule has 0 saturated heterocycles. The summed E-state index contributed by atoms with van der Waals surface area (Å²) in [6.07, 6.45) is 3.22. The number of nitrogens with one attached hydrogen (secondary N) is 1. The van der Waals surface area contributed by atoms with Gasteiger partial charge in [0.1, 0.15) is 18.0 Å². The van der Waals surface area contributed by atoms with Crippen molar-refractivity contribution in [3.05, 3.63) is 48.0 Å². The molecule has 0 fully saturated rings. The predicted molar refractivity (Wildman–Crippen MR) is 76.4 cm³/mol. The van der Waals surface area contributed by atoms with Gasteiger partial charge in [0.2, 0.25) is 5.88 Å². The Balaban J connectivity index is 1.82. The molecule has 0 atom stereocenters. The maximum Gasteiger partial charge on any atom is 0.218 e. The number of aromatic nitrogens is 2. The van der Waals surface area contributed by atoms with Gasteiger partial charge in [-0.1, -0.05) is 19.1 Å². The molecule has 2 rings (SSSR count). The first-order chi connectivity index (χ1) is 9.78. The lowest BCUT2D eigenvalue weighted by Gasteiger charge is -2.07. The summed E-state index contributed by atoms with van der Waals surface area (Å²) in [5.41, 5.74) is 1.08. The molecule has 0 unspecified atom stereocenters. The topological polar surface area (TPSA) is 47.0 Å². The lowest BCUT2D eigenvalue weighted by molar-refractivity contribution is 0.305. The third-order valence-corrected chi connectivity index (χ3v) is 2.73. The Morgan fingerprint density at radius 1 is 1.20 bits per heavy atom. The van der Waals surface area contributed by atoms with Crippen LogP contribution in [0.4, 0.5) is 10.2 Å². The smallest absolute Gasteiger partial charge is 0.218 e. The lowest BCUT2D eigenvalue weighted by Crippen LogP contribution is -2.07. The van der Waals surface area contributed by atoms with E-state index in [-0.39, 0.29) is 5.82 Å². The molecule has 106 valence electrons. The van der Waals surface area contributed by atoms with Crippen molar-refractivity contribution in [1.82, 2.24) is 9.97 Å². The Labute approximate surface area is 118 Å². The van der Waals surface area contributed by atoms with Crippen LogP contribution < -0.4 is 10.1 Å². The van der Waals surface area contributed by atoms with E-state index in [9.17, 15) is 4.39 Å². The first kappa shape index (κ1) is 14.2. The predicted octanol–water partition coefficient (Wildman–Crippen LogP) is 3.06. The fraction of sp³-hybridized carbons (Fsp3) is 0.333. The summed E-state index contributed by atoms with van der Waals surface area (Å²) >= 11 is 0. The second-order valence-corrected chi connectivity index (χ2v) is 4.39. The first-order valence-corrected chi connectivity index (χ1v) is 6.71. The number of hydrogen-bond acceptors (Lipinski definition) is 4. The molecule has 0 aliphatic heterocycles. The molecule has 1 aromatic heterocycles. The molecule has 5 heteroatoms. The van der Waals surface area contributed by atoms with Crippen LogP contribution in [0.2, 0.25) is 0 Å². The van der Waals surface area contributed by atoms with Gasteiger partial charge in [-0.05, 0) is 30.5 Å². The van der Waals surface area contributed by atoms with Crippen molar-refractivity contribution < 1.29 is 9.13 Å². The fourth-order valence-electron chi connectivity index (χ4n) is 1.71. The van der Waals surface area contributed by atoms with Gasteiger partial charge in [0, 0.05) is 12.6 Å². The summed E-state index contributed by atoms with van der Waals surface area (Å²) in [5.74, 6) is 1.09. The molecule has 0 bridgehead atoms. The van der Waals surface area contributed by atoms with Crippen LogP contribution in [-0.4, -0.2) is 23.1 Å². The average molecular weight is 275 g/mol. The largest absolute Gasteiger partial charge is 0.478 e. The normalized spacial score (nSPS) is 10.3. The zero-order valence-electron chi connectivity index (χ0n) is 11.5. The molecule has 1 heterocycles. The van der Waals surface area contributed by atoms with E-state index >= 15 is 0 Å². The van der Waals surface area contributed by atoms with Crippen molar-refractivity contribution in [3.63, 3.8) is 0 Å². The van der Waals surface area contributed by atoms with E-state index in [4.69, 9.17) is 4.74 Å². The van der Waals surface area contributed by atoms with E-state index in [0.29, 0.717) is 12.5 Å². The first-order valence-electron chi connectivity index (χ1n) is 6.71. The van der Waals surface area contributed by atoms with E-state index in [1.807, 2.05) is 6.92 Å². The highest BCUT2D eigenvalue weighted by Gasteiger charge is 2.00. The van der Waals surface area contributed by atoms with Gasteiger partial charge in [0.05, 0.1) is 6.61 Å². The van der Waals surface area contributed by atoms with Crippen molar-refractivity contribution in [3.8, 4) is 5.88 Å². The molecule has 2 aromatic rings. The Kier molecular flexibility index (Phi) is 5.29. The molecule has 0 aliphatic rings. The van der Waals surface area contributed by atoms with Gasteiger partial charge in [0.15, 0.2) is 0 Å². The number of halogens is 1. The maximum atomic E-state index is 12.8. The van der Waals surface area contributed by atoms with Crippen molar-refractivity contribution in [2.45, 2.75) is 19.8 Å². The monoisotopic (exact) mass is 275 g/mol. The number of anilines is 1. The summed E-state index contributed by atoms with van der Waals surface area (Å²) < 4.78 is 18.2. The van der Waals surface area contributed by atoms with Crippen LogP contribution in [0.15, 0.2) is 36.7 Å². The third kappa shape index (κ3) is 4.50. The zero-order valence-corrected chi connectivity index (χ0v) is 11.5. The van der Waals surface area contributed by atoms with E-state index < -0.39 is 0 Å². The Morgan fingerprint density at radius 3 is 2.75 bits per heavy atom. The molecular formula is C15H18FN3O. The highest BCUT2D eigenvalue weighted by Crippen LogP contribution is 2.11. The zero-order chi connectivity index (χ0) is 14.2. The van der Waals surface area contributed by atoms with Crippen LogP contribution in [-0.2, 0) is 6.42 Å². The SMILES string of the molecule is CCCOc1cc(NCCc2ccc(F)cc2)ncn1. The molecule has 0 radical (unpaired) electrons. The Bertz CT molecular complexity index is 531. The molecule has 1 aromatic carbocycles. The standard InChI is InChI=1S/C15H18FN3O/c1-2-9-20-15-10-14(18-11-19-15)17-8-7-12-3-5-13(16)6-4-12/h3-6,10-11H,2,7-9H2,1H3,(H,17,18,19). The minimum absolute atomic E-state index is 0.213. The minimum atomic E-state index is -0.213. The van der Waals surface area contributed by atoms with Crippen LogP contribution in [0.5, 0.6) is 5.88 Å². The van der Waals surface area contributed by atoms with Gasteiger partial charge in [-0.2, -0.15) is 0 Å². The molecule has 0 spiro atoms. The van der Waals surface area contributed by atoms with Crippen LogP contribution in [0.3, 0.4) is 0 Å². The summed E-state index contributed by atoms with van der Waals surface area (Å²) in [5, 5.41) is 3.20. The number of benzene rings is 1. The Morgan fingerprint density at radius 2 is 2.00 bits per heavy atom. The molecule has 1 N–H and O–H groups in total. The van der Waals surface area contributed by atoms with Crippen LogP contribution in [0.25, 0.3) is 0 Å². The van der Waals surface area contributed by atoms with Crippen molar-refractivity contribution in [2.75, 3.05) is 18.5 Å². The van der Waals surface area contributed by atoms with E-state index in [2.05, 4.69) is 15.3 Å². The number of rotatable bonds is 7. The molecule has 0 amide bonds. The molecular weight excluding hydrogens is 257 g/mol. The summed E-state index contributed by atoms with van der Waals surface area (Å²) in [6.45, 7) is 3.41. The van der Waals surface area contributed by atoms with Crippen LogP contribution >= 0.6 is 0 Å². The molecule has 0 saturated carbocycles. The molecule has 4 nitrogen and oxygen atoms in total. The minimum Gasteiger partial charge on any atom is -0.478 e. The summed E-state index contributed by atoms with van der Waals surface area (Å²) in [4.78, 5) is 8.17. The van der Waals surface area contributed by atoms with Gasteiger partial charge in [-0.25, -0.2) is 14.4 Å². The highest BCUT2D eigenvalue weighted by atomic mass is 19.1. The van der Waals surface area contributed by atoms with Crippen molar-refractivity contribution in [1.29, 1.82) is 0 Å². The molecule has 0 aliphatic carbocycles. The van der Waals surface area contributed by atoms with Crippen molar-refractivity contribution in [2.24, 2.45) is 0 Å². The van der Waals surface area contributed by atoms with Gasteiger partial charge < -0.3 is 10.1 Å². The van der Waals surface area contributed by atoms with Gasteiger partial charge in [0.25, 0.3) is 0 Å². The summed E-state index contributed by atoms with van der Waals surface area (Å²) in [7, 11) is 0. The van der Waals surface area contributed by atoms with Crippen LogP contribution in [0, 0.1) is 5.82 Å².